The Kier molecular flexibility index (Phi) is 3.39. The number of non-ortho nitro benzene ring substituents is 1. The second-order valence-electron chi connectivity index (χ2n) is 4.93. The first-order valence-electron chi connectivity index (χ1n) is 6.79. The van der Waals surface area contributed by atoms with E-state index in [-0.39, 0.29) is 10.6 Å². The van der Waals surface area contributed by atoms with E-state index in [9.17, 15) is 10.1 Å². The van der Waals surface area contributed by atoms with Crippen LogP contribution >= 0.6 is 0 Å². The first kappa shape index (κ1) is 13.3. The summed E-state index contributed by atoms with van der Waals surface area (Å²) in [5.74, 6) is 0. The molecule has 3 rings (SSSR count). The van der Waals surface area contributed by atoms with Crippen molar-refractivity contribution in [1.82, 2.24) is 19.6 Å². The maximum atomic E-state index is 10.8. The van der Waals surface area contributed by atoms with Crippen LogP contribution in [0.5, 0.6) is 0 Å². The number of hydrogen-bond acceptors (Lipinski definition) is 4. The van der Waals surface area contributed by atoms with Crippen LogP contribution in [0, 0.1) is 10.1 Å². The fourth-order valence-electron chi connectivity index (χ4n) is 2.36. The number of fused-ring (bicyclic) bond motifs is 1. The second-order valence-corrected chi connectivity index (χ2v) is 4.93. The minimum Gasteiger partial charge on any atom is -0.327 e. The van der Waals surface area contributed by atoms with Crippen molar-refractivity contribution >= 4 is 16.6 Å². The molecule has 0 unspecified atom stereocenters. The molecule has 7 nitrogen and oxygen atoms in total. The Morgan fingerprint density at radius 3 is 2.95 bits per heavy atom. The van der Waals surface area contributed by atoms with Crippen LogP contribution in [-0.4, -0.2) is 24.5 Å². The SMILES string of the molecule is CCCc1cn(Cn2ccc3cc([N+](=O)[O-])ccc32)nn1. The predicted molar refractivity (Wildman–Crippen MR) is 78.0 cm³/mol. The standard InChI is InChI=1S/C14H15N5O2/c1-2-3-12-9-18(16-15-12)10-17-7-6-11-8-13(19(20)21)4-5-14(11)17/h4-9H,2-3,10H2,1H3. The van der Waals surface area contributed by atoms with Gasteiger partial charge in [0.05, 0.1) is 22.3 Å². The van der Waals surface area contributed by atoms with Crippen molar-refractivity contribution in [2.24, 2.45) is 0 Å². The fourth-order valence-corrected chi connectivity index (χ4v) is 2.36. The maximum absolute atomic E-state index is 10.8. The third kappa shape index (κ3) is 2.62. The smallest absolute Gasteiger partial charge is 0.270 e. The molecule has 0 N–H and O–H groups in total. The van der Waals surface area contributed by atoms with Crippen molar-refractivity contribution in [3.63, 3.8) is 0 Å². The Morgan fingerprint density at radius 1 is 1.33 bits per heavy atom. The fraction of sp³-hybridized carbons (Fsp3) is 0.286. The molecule has 2 aromatic heterocycles. The summed E-state index contributed by atoms with van der Waals surface area (Å²) in [6.07, 6.45) is 5.78. The third-order valence-corrected chi connectivity index (χ3v) is 3.35. The number of rotatable bonds is 5. The third-order valence-electron chi connectivity index (χ3n) is 3.35. The molecule has 1 aromatic carbocycles. The number of benzene rings is 1. The molecule has 3 aromatic rings. The summed E-state index contributed by atoms with van der Waals surface area (Å²) in [7, 11) is 0. The molecule has 0 amide bonds. The van der Waals surface area contributed by atoms with Gasteiger partial charge in [-0.15, -0.1) is 5.10 Å². The van der Waals surface area contributed by atoms with E-state index in [1.165, 1.54) is 6.07 Å². The summed E-state index contributed by atoms with van der Waals surface area (Å²) in [5.41, 5.74) is 2.02. The van der Waals surface area contributed by atoms with Crippen LogP contribution in [0.2, 0.25) is 0 Å². The minimum atomic E-state index is -0.384. The van der Waals surface area contributed by atoms with Gasteiger partial charge in [0.15, 0.2) is 0 Å². The van der Waals surface area contributed by atoms with Gasteiger partial charge in [-0.1, -0.05) is 18.6 Å². The molecular formula is C14H15N5O2. The van der Waals surface area contributed by atoms with Gasteiger partial charge < -0.3 is 4.57 Å². The van der Waals surface area contributed by atoms with Crippen molar-refractivity contribution in [3.8, 4) is 0 Å². The van der Waals surface area contributed by atoms with E-state index >= 15 is 0 Å². The molecule has 0 radical (unpaired) electrons. The summed E-state index contributed by atoms with van der Waals surface area (Å²) in [6.45, 7) is 2.64. The second kappa shape index (κ2) is 5.35. The lowest BCUT2D eigenvalue weighted by Crippen LogP contribution is -2.07. The number of aryl methyl sites for hydroxylation is 1. The van der Waals surface area contributed by atoms with Gasteiger partial charge in [-0.25, -0.2) is 4.68 Å². The summed E-state index contributed by atoms with van der Waals surface area (Å²) < 4.78 is 3.76. The number of nitrogens with zero attached hydrogens (tertiary/aromatic N) is 5. The Hall–Kier alpha value is -2.70. The molecule has 7 heteroatoms. The highest BCUT2D eigenvalue weighted by Crippen LogP contribution is 2.21. The highest BCUT2D eigenvalue weighted by atomic mass is 16.6. The van der Waals surface area contributed by atoms with Crippen LogP contribution in [0.15, 0.2) is 36.7 Å². The Morgan fingerprint density at radius 2 is 2.19 bits per heavy atom. The normalized spacial score (nSPS) is 11.1. The van der Waals surface area contributed by atoms with E-state index in [2.05, 4.69) is 17.2 Å². The molecule has 0 aliphatic heterocycles. The van der Waals surface area contributed by atoms with E-state index in [1.54, 1.807) is 16.8 Å². The Labute approximate surface area is 120 Å². The molecule has 2 heterocycles. The first-order chi connectivity index (χ1) is 10.2. The van der Waals surface area contributed by atoms with Crippen molar-refractivity contribution in [3.05, 3.63) is 52.5 Å². The average Bonchev–Trinajstić information content (AvgIpc) is 3.07. The van der Waals surface area contributed by atoms with Crippen LogP contribution in [0.25, 0.3) is 10.9 Å². The monoisotopic (exact) mass is 285 g/mol. The zero-order chi connectivity index (χ0) is 14.8. The first-order valence-corrected chi connectivity index (χ1v) is 6.79. The Bertz CT molecular complexity index is 790. The topological polar surface area (TPSA) is 78.8 Å². The van der Waals surface area contributed by atoms with Crippen LogP contribution in [0.4, 0.5) is 5.69 Å². The molecule has 0 aliphatic rings. The molecule has 0 saturated heterocycles. The Balaban J connectivity index is 1.88. The van der Waals surface area contributed by atoms with Crippen molar-refractivity contribution in [1.29, 1.82) is 0 Å². The summed E-state index contributed by atoms with van der Waals surface area (Å²) in [4.78, 5) is 10.4. The molecular weight excluding hydrogens is 270 g/mol. The summed E-state index contributed by atoms with van der Waals surface area (Å²) in [5, 5.41) is 19.8. The zero-order valence-corrected chi connectivity index (χ0v) is 11.6. The zero-order valence-electron chi connectivity index (χ0n) is 11.6. The van der Waals surface area contributed by atoms with E-state index in [1.807, 2.05) is 23.0 Å². The number of aromatic nitrogens is 4. The average molecular weight is 285 g/mol. The van der Waals surface area contributed by atoms with Crippen molar-refractivity contribution in [2.75, 3.05) is 0 Å². The number of nitro benzene ring substituents is 1. The summed E-state index contributed by atoms with van der Waals surface area (Å²) in [6, 6.07) is 6.72. The van der Waals surface area contributed by atoms with Gasteiger partial charge in [-0.05, 0) is 18.6 Å². The number of nitro groups is 1. The molecule has 0 aliphatic carbocycles. The lowest BCUT2D eigenvalue weighted by atomic mass is 10.2. The van der Waals surface area contributed by atoms with Gasteiger partial charge in [0, 0.05) is 23.7 Å². The molecule has 0 spiro atoms. The van der Waals surface area contributed by atoms with Gasteiger partial charge in [-0.3, -0.25) is 10.1 Å². The van der Waals surface area contributed by atoms with Gasteiger partial charge in [0.25, 0.3) is 5.69 Å². The van der Waals surface area contributed by atoms with Crippen LogP contribution in [0.1, 0.15) is 19.0 Å². The highest BCUT2D eigenvalue weighted by Gasteiger charge is 2.09. The van der Waals surface area contributed by atoms with E-state index < -0.39 is 0 Å². The molecule has 0 bridgehead atoms. The lowest BCUT2D eigenvalue weighted by Gasteiger charge is -2.04. The largest absolute Gasteiger partial charge is 0.327 e. The van der Waals surface area contributed by atoms with E-state index in [0.717, 1.165) is 29.4 Å². The highest BCUT2D eigenvalue weighted by molar-refractivity contribution is 5.82. The van der Waals surface area contributed by atoms with Gasteiger partial charge in [0.2, 0.25) is 0 Å². The predicted octanol–water partition coefficient (Wildman–Crippen LogP) is 2.60. The summed E-state index contributed by atoms with van der Waals surface area (Å²) >= 11 is 0. The maximum Gasteiger partial charge on any atom is 0.270 e. The minimum absolute atomic E-state index is 0.103. The quantitative estimate of drug-likeness (QED) is 0.533. The van der Waals surface area contributed by atoms with Crippen LogP contribution in [0.3, 0.4) is 0 Å². The molecule has 0 atom stereocenters. The van der Waals surface area contributed by atoms with Gasteiger partial charge >= 0.3 is 0 Å². The molecule has 21 heavy (non-hydrogen) atoms. The van der Waals surface area contributed by atoms with Crippen molar-refractivity contribution < 1.29 is 4.92 Å². The van der Waals surface area contributed by atoms with Crippen molar-refractivity contribution in [2.45, 2.75) is 26.4 Å². The van der Waals surface area contributed by atoms with Crippen LogP contribution in [-0.2, 0) is 13.1 Å². The molecule has 0 fully saturated rings. The molecule has 0 saturated carbocycles. The van der Waals surface area contributed by atoms with Gasteiger partial charge in [0.1, 0.15) is 6.67 Å². The lowest BCUT2D eigenvalue weighted by molar-refractivity contribution is -0.384. The van der Waals surface area contributed by atoms with E-state index in [4.69, 9.17) is 0 Å². The van der Waals surface area contributed by atoms with Gasteiger partial charge in [-0.2, -0.15) is 0 Å². The van der Waals surface area contributed by atoms with Crippen LogP contribution < -0.4 is 0 Å². The molecule has 108 valence electrons. The number of hydrogen-bond donors (Lipinski definition) is 0. The van der Waals surface area contributed by atoms with E-state index in [0.29, 0.717) is 6.67 Å².